The summed E-state index contributed by atoms with van der Waals surface area (Å²) in [5.74, 6) is 0.329. The standard InChI is InChI=1S/C55H106O6/c1-5-8-11-33-42-51(57)43-34-27-21-15-18-24-30-39-48-54(58)61-53(45-36-13-10-7-3)47-38-29-23-17-19-25-31-40-49-55(59)60-52(44-35-12-9-6-2)46-37-28-22-16-14-20-26-32-41-50(4)56/h51-53,56-57H,4-49H2,1-3H3. The molecule has 3 atom stereocenters. The molecule has 0 aliphatic carbocycles. The van der Waals surface area contributed by atoms with E-state index in [1.165, 1.54) is 167 Å². The van der Waals surface area contributed by atoms with E-state index in [2.05, 4.69) is 27.4 Å². The van der Waals surface area contributed by atoms with E-state index in [1.807, 2.05) is 0 Å². The van der Waals surface area contributed by atoms with Gasteiger partial charge in [-0.25, -0.2) is 0 Å². The van der Waals surface area contributed by atoms with Crippen molar-refractivity contribution < 1.29 is 29.3 Å². The second-order valence-electron chi connectivity index (χ2n) is 19.1. The number of esters is 2. The third-order valence-electron chi connectivity index (χ3n) is 12.8. The van der Waals surface area contributed by atoms with Crippen LogP contribution in [0.25, 0.3) is 0 Å². The summed E-state index contributed by atoms with van der Waals surface area (Å²) in [5.41, 5.74) is 0. The van der Waals surface area contributed by atoms with Crippen molar-refractivity contribution in [2.75, 3.05) is 0 Å². The molecule has 0 bridgehead atoms. The van der Waals surface area contributed by atoms with Crippen LogP contribution in [0.4, 0.5) is 0 Å². The fourth-order valence-corrected chi connectivity index (χ4v) is 8.74. The Hall–Kier alpha value is -1.56. The summed E-state index contributed by atoms with van der Waals surface area (Å²) in [6.45, 7) is 10.3. The van der Waals surface area contributed by atoms with Crippen molar-refractivity contribution in [2.45, 2.75) is 328 Å². The number of aliphatic hydroxyl groups is 2. The summed E-state index contributed by atoms with van der Waals surface area (Å²) in [6.07, 6.45) is 50.9. The molecule has 0 saturated carbocycles. The normalized spacial score (nSPS) is 13.0. The van der Waals surface area contributed by atoms with E-state index in [9.17, 15) is 19.8 Å². The van der Waals surface area contributed by atoms with Gasteiger partial charge in [0.05, 0.1) is 11.9 Å². The molecule has 61 heavy (non-hydrogen) atoms. The fraction of sp³-hybridized carbons (Fsp3) is 0.927. The Bertz CT molecular complexity index is 935. The summed E-state index contributed by atoms with van der Waals surface area (Å²) >= 11 is 0. The third kappa shape index (κ3) is 46.3. The number of carbonyl (C=O) groups excluding carboxylic acids is 2. The van der Waals surface area contributed by atoms with Crippen molar-refractivity contribution in [1.82, 2.24) is 0 Å². The monoisotopic (exact) mass is 863 g/mol. The molecule has 0 amide bonds. The zero-order valence-electron chi connectivity index (χ0n) is 41.3. The first-order valence-corrected chi connectivity index (χ1v) is 27.3. The van der Waals surface area contributed by atoms with Gasteiger partial charge in [0, 0.05) is 19.3 Å². The number of hydrogen-bond acceptors (Lipinski definition) is 6. The van der Waals surface area contributed by atoms with Crippen molar-refractivity contribution in [3.63, 3.8) is 0 Å². The number of rotatable bonds is 50. The van der Waals surface area contributed by atoms with Crippen LogP contribution < -0.4 is 0 Å². The summed E-state index contributed by atoms with van der Waals surface area (Å²) in [5, 5.41) is 19.4. The Balaban J connectivity index is 4.10. The van der Waals surface area contributed by atoms with Crippen molar-refractivity contribution >= 4 is 11.9 Å². The van der Waals surface area contributed by atoms with Gasteiger partial charge >= 0.3 is 11.9 Å². The Labute approximate surface area is 380 Å². The van der Waals surface area contributed by atoms with E-state index >= 15 is 0 Å². The van der Waals surface area contributed by atoms with Crippen LogP contribution >= 0.6 is 0 Å². The van der Waals surface area contributed by atoms with Gasteiger partial charge in [-0.15, -0.1) is 0 Å². The number of aliphatic hydroxyl groups excluding tert-OH is 2. The van der Waals surface area contributed by atoms with Gasteiger partial charge in [0.1, 0.15) is 12.2 Å². The molecule has 0 heterocycles. The first-order valence-electron chi connectivity index (χ1n) is 27.3. The summed E-state index contributed by atoms with van der Waals surface area (Å²) in [6, 6.07) is 0. The maximum atomic E-state index is 12.8. The molecule has 0 radical (unpaired) electrons. The average molecular weight is 863 g/mol. The fourth-order valence-electron chi connectivity index (χ4n) is 8.74. The van der Waals surface area contributed by atoms with Crippen molar-refractivity contribution in [1.29, 1.82) is 0 Å². The Morgan fingerprint density at radius 2 is 0.590 bits per heavy atom. The van der Waals surface area contributed by atoms with Crippen molar-refractivity contribution in [2.24, 2.45) is 0 Å². The van der Waals surface area contributed by atoms with Gasteiger partial charge in [0.15, 0.2) is 0 Å². The molecule has 362 valence electrons. The van der Waals surface area contributed by atoms with Crippen LogP contribution in [0.3, 0.4) is 0 Å². The van der Waals surface area contributed by atoms with Crippen LogP contribution in [0.1, 0.15) is 310 Å². The van der Waals surface area contributed by atoms with E-state index in [0.717, 1.165) is 109 Å². The van der Waals surface area contributed by atoms with Crippen LogP contribution in [0.15, 0.2) is 12.3 Å². The number of unbranched alkanes of at least 4 members (excludes halogenated alkanes) is 30. The molecule has 0 aromatic carbocycles. The van der Waals surface area contributed by atoms with E-state index in [4.69, 9.17) is 9.47 Å². The lowest BCUT2D eigenvalue weighted by Crippen LogP contribution is -2.18. The molecule has 0 aliphatic heterocycles. The third-order valence-corrected chi connectivity index (χ3v) is 12.8. The second kappa shape index (κ2) is 47.9. The molecule has 0 saturated heterocycles. The highest BCUT2D eigenvalue weighted by molar-refractivity contribution is 5.69. The first-order chi connectivity index (χ1) is 29.8. The summed E-state index contributed by atoms with van der Waals surface area (Å²) < 4.78 is 12.1. The van der Waals surface area contributed by atoms with Gasteiger partial charge in [-0.05, 0) is 83.5 Å². The quantitative estimate of drug-likeness (QED) is 0.0359. The maximum Gasteiger partial charge on any atom is 0.306 e. The van der Waals surface area contributed by atoms with Gasteiger partial charge in [0.25, 0.3) is 0 Å². The second-order valence-corrected chi connectivity index (χ2v) is 19.1. The van der Waals surface area contributed by atoms with E-state index in [-0.39, 0.29) is 30.3 Å². The number of hydrogen-bond donors (Lipinski definition) is 2. The van der Waals surface area contributed by atoms with Gasteiger partial charge < -0.3 is 19.7 Å². The molecular formula is C55H106O6. The molecule has 0 aromatic heterocycles. The topological polar surface area (TPSA) is 93.1 Å². The van der Waals surface area contributed by atoms with Crippen LogP contribution in [0.5, 0.6) is 0 Å². The molecule has 0 aromatic rings. The zero-order chi connectivity index (χ0) is 44.7. The molecule has 6 nitrogen and oxygen atoms in total. The van der Waals surface area contributed by atoms with E-state index in [0.29, 0.717) is 18.6 Å². The predicted molar refractivity (Wildman–Crippen MR) is 262 cm³/mol. The smallest absolute Gasteiger partial charge is 0.306 e. The Morgan fingerprint density at radius 1 is 0.361 bits per heavy atom. The molecular weight excluding hydrogens is 757 g/mol. The minimum atomic E-state index is -0.0995. The molecule has 0 aliphatic rings. The summed E-state index contributed by atoms with van der Waals surface area (Å²) in [4.78, 5) is 25.5. The van der Waals surface area contributed by atoms with Crippen LogP contribution in [0.2, 0.25) is 0 Å². The van der Waals surface area contributed by atoms with Crippen LogP contribution in [0, 0.1) is 0 Å². The van der Waals surface area contributed by atoms with Gasteiger partial charge in [-0.1, -0.05) is 214 Å². The molecule has 2 N–H and O–H groups in total. The van der Waals surface area contributed by atoms with Crippen LogP contribution in [-0.2, 0) is 19.1 Å². The zero-order valence-corrected chi connectivity index (χ0v) is 41.3. The minimum Gasteiger partial charge on any atom is -0.513 e. The molecule has 0 rings (SSSR count). The van der Waals surface area contributed by atoms with Crippen molar-refractivity contribution in [3.05, 3.63) is 12.3 Å². The first kappa shape index (κ1) is 59.4. The Kier molecular flexibility index (Phi) is 46.7. The molecule has 6 heteroatoms. The number of ether oxygens (including phenoxy) is 2. The van der Waals surface area contributed by atoms with Gasteiger partial charge in [-0.3, -0.25) is 9.59 Å². The average Bonchev–Trinajstić information content (AvgIpc) is 3.24. The maximum absolute atomic E-state index is 12.8. The lowest BCUT2D eigenvalue weighted by Gasteiger charge is -2.18. The highest BCUT2D eigenvalue weighted by Gasteiger charge is 2.16. The highest BCUT2D eigenvalue weighted by atomic mass is 16.5. The highest BCUT2D eigenvalue weighted by Crippen LogP contribution is 2.21. The number of allylic oxidation sites excluding steroid dienone is 1. The molecule has 0 fully saturated rings. The van der Waals surface area contributed by atoms with Crippen molar-refractivity contribution in [3.8, 4) is 0 Å². The lowest BCUT2D eigenvalue weighted by molar-refractivity contribution is -0.151. The van der Waals surface area contributed by atoms with E-state index < -0.39 is 0 Å². The number of carbonyl (C=O) groups is 2. The predicted octanol–water partition coefficient (Wildman–Crippen LogP) is 17.9. The Morgan fingerprint density at radius 3 is 0.869 bits per heavy atom. The van der Waals surface area contributed by atoms with Gasteiger partial charge in [-0.2, -0.15) is 0 Å². The molecule has 3 unspecified atom stereocenters. The minimum absolute atomic E-state index is 0.00850. The molecule has 0 spiro atoms. The van der Waals surface area contributed by atoms with E-state index in [1.54, 1.807) is 0 Å². The lowest BCUT2D eigenvalue weighted by atomic mass is 10.0. The summed E-state index contributed by atoms with van der Waals surface area (Å²) in [7, 11) is 0. The SMILES string of the molecule is C=C(O)CCCCCCCCCCC(CCCCCC)OC(=O)CCCCCCCCCCC(CCCCCC)OC(=O)CCCCCCCCCCC(O)CCCCCC. The van der Waals surface area contributed by atoms with Gasteiger partial charge in [0.2, 0.25) is 0 Å². The largest absolute Gasteiger partial charge is 0.513 e. The van der Waals surface area contributed by atoms with Crippen LogP contribution in [-0.4, -0.2) is 40.5 Å².